The van der Waals surface area contributed by atoms with Crippen molar-refractivity contribution in [1.29, 1.82) is 0 Å². The van der Waals surface area contributed by atoms with Crippen LogP contribution in [0.15, 0.2) is 78.5 Å². The van der Waals surface area contributed by atoms with E-state index >= 15 is 0 Å². The van der Waals surface area contributed by atoms with E-state index < -0.39 is 0 Å². The first-order chi connectivity index (χ1) is 8.79. The molecule has 0 aromatic heterocycles. The summed E-state index contributed by atoms with van der Waals surface area (Å²) in [4.78, 5) is 0. The molecule has 1 nitrogen and oxygen atoms in total. The molecule has 0 unspecified atom stereocenters. The van der Waals surface area contributed by atoms with Crippen LogP contribution in [0.3, 0.4) is 0 Å². The average Bonchev–Trinajstić information content (AvgIpc) is 2.42. The van der Waals surface area contributed by atoms with Crippen LogP contribution in [0.4, 0.5) is 0 Å². The average molecular weight is 239 g/mol. The van der Waals surface area contributed by atoms with Crippen LogP contribution < -0.4 is 5.32 Å². The van der Waals surface area contributed by atoms with E-state index in [2.05, 4.69) is 43.4 Å². The molecule has 0 aliphatic carbocycles. The van der Waals surface area contributed by atoms with Gasteiger partial charge in [0.1, 0.15) is 0 Å². The predicted octanol–water partition coefficient (Wildman–Crippen LogP) is 4.39. The third kappa shape index (κ3) is 7.29. The van der Waals surface area contributed by atoms with Crippen LogP contribution in [0.1, 0.15) is 19.4 Å². The maximum atomic E-state index is 3.24. The van der Waals surface area contributed by atoms with Crippen molar-refractivity contribution in [2.45, 2.75) is 20.4 Å². The molecule has 94 valence electrons. The van der Waals surface area contributed by atoms with Gasteiger partial charge in [0.25, 0.3) is 0 Å². The molecular weight excluding hydrogens is 218 g/mol. The van der Waals surface area contributed by atoms with E-state index in [4.69, 9.17) is 0 Å². The lowest BCUT2D eigenvalue weighted by Gasteiger charge is -2.00. The number of hydrogen-bond donors (Lipinski definition) is 1. The van der Waals surface area contributed by atoms with Crippen molar-refractivity contribution in [3.05, 3.63) is 84.1 Å². The monoisotopic (exact) mass is 239 g/mol. The van der Waals surface area contributed by atoms with Crippen LogP contribution in [0.2, 0.25) is 0 Å². The summed E-state index contributed by atoms with van der Waals surface area (Å²) in [6.07, 6.45) is 2.03. The van der Waals surface area contributed by atoms with Crippen molar-refractivity contribution in [3.63, 3.8) is 0 Å². The van der Waals surface area contributed by atoms with Crippen LogP contribution in [0.5, 0.6) is 0 Å². The van der Waals surface area contributed by atoms with E-state index in [1.165, 1.54) is 11.1 Å². The third-order valence-corrected chi connectivity index (χ3v) is 2.21. The van der Waals surface area contributed by atoms with Gasteiger partial charge in [0.15, 0.2) is 0 Å². The predicted molar refractivity (Wildman–Crippen MR) is 79.2 cm³/mol. The molecule has 0 bridgehead atoms. The zero-order valence-corrected chi connectivity index (χ0v) is 11.1. The molecule has 0 saturated heterocycles. The fourth-order valence-electron chi connectivity index (χ4n) is 1.35. The van der Waals surface area contributed by atoms with E-state index in [1.807, 2.05) is 48.7 Å². The summed E-state index contributed by atoms with van der Waals surface area (Å²) in [7, 11) is 0. The first kappa shape index (κ1) is 14.0. The fourth-order valence-corrected chi connectivity index (χ4v) is 1.35. The Hall–Kier alpha value is -2.02. The van der Waals surface area contributed by atoms with Gasteiger partial charge in [-0.2, -0.15) is 0 Å². The molecule has 2 aromatic carbocycles. The number of hydrogen-bond acceptors (Lipinski definition) is 1. The Morgan fingerprint density at radius 3 is 1.72 bits per heavy atom. The van der Waals surface area contributed by atoms with Crippen LogP contribution in [0.25, 0.3) is 0 Å². The quantitative estimate of drug-likeness (QED) is 0.837. The summed E-state index contributed by atoms with van der Waals surface area (Å²) >= 11 is 0. The van der Waals surface area contributed by atoms with Gasteiger partial charge >= 0.3 is 0 Å². The molecule has 0 aliphatic heterocycles. The van der Waals surface area contributed by atoms with Gasteiger partial charge in [-0.1, -0.05) is 72.3 Å². The molecule has 0 fully saturated rings. The molecule has 0 saturated carbocycles. The number of benzene rings is 2. The van der Waals surface area contributed by atoms with Gasteiger partial charge in [-0.05, 0) is 25.6 Å². The second-order valence-electron chi connectivity index (χ2n) is 4.24. The van der Waals surface area contributed by atoms with Gasteiger partial charge in [-0.3, -0.25) is 0 Å². The largest absolute Gasteiger partial charge is 0.387 e. The van der Waals surface area contributed by atoms with Gasteiger partial charge in [-0.25, -0.2) is 0 Å². The van der Waals surface area contributed by atoms with Crippen molar-refractivity contribution in [2.75, 3.05) is 0 Å². The summed E-state index contributed by atoms with van der Waals surface area (Å²) in [6.45, 7) is 5.07. The summed E-state index contributed by atoms with van der Waals surface area (Å²) < 4.78 is 0. The number of allylic oxidation sites excluding steroid dienone is 1. The summed E-state index contributed by atoms with van der Waals surface area (Å²) in [5, 5.41) is 3.24. The van der Waals surface area contributed by atoms with Gasteiger partial charge in [0.05, 0.1) is 0 Å². The highest BCUT2D eigenvalue weighted by molar-refractivity contribution is 5.14. The van der Waals surface area contributed by atoms with Gasteiger partial charge in [0.2, 0.25) is 0 Å². The highest BCUT2D eigenvalue weighted by atomic mass is 14.8. The fraction of sp³-hybridized carbons (Fsp3) is 0.176. The molecule has 0 radical (unpaired) electrons. The molecule has 0 atom stereocenters. The molecule has 2 rings (SSSR count). The Morgan fingerprint density at radius 1 is 0.833 bits per heavy atom. The lowest BCUT2D eigenvalue weighted by molar-refractivity contribution is 0.860. The molecule has 0 heterocycles. The Balaban J connectivity index is 0.000000225. The normalized spacial score (nSPS) is 8.78. The molecule has 1 heteroatoms. The summed E-state index contributed by atoms with van der Waals surface area (Å²) in [6, 6.07) is 22.4. The van der Waals surface area contributed by atoms with Crippen molar-refractivity contribution < 1.29 is 0 Å². The SMILES string of the molecule is CC(C)=CNCc1ccccc1.c1ccccc1. The first-order valence-electron chi connectivity index (χ1n) is 6.20. The third-order valence-electron chi connectivity index (χ3n) is 2.21. The first-order valence-corrected chi connectivity index (χ1v) is 6.20. The van der Waals surface area contributed by atoms with Crippen LogP contribution >= 0.6 is 0 Å². The van der Waals surface area contributed by atoms with Crippen molar-refractivity contribution in [1.82, 2.24) is 5.32 Å². The van der Waals surface area contributed by atoms with Crippen molar-refractivity contribution >= 4 is 0 Å². The molecule has 1 N–H and O–H groups in total. The molecule has 0 amide bonds. The topological polar surface area (TPSA) is 12.0 Å². The minimum Gasteiger partial charge on any atom is -0.387 e. The lowest BCUT2D eigenvalue weighted by Crippen LogP contribution is -2.04. The Kier molecular flexibility index (Phi) is 7.07. The van der Waals surface area contributed by atoms with Crippen molar-refractivity contribution in [3.8, 4) is 0 Å². The second-order valence-corrected chi connectivity index (χ2v) is 4.24. The summed E-state index contributed by atoms with van der Waals surface area (Å²) in [5.74, 6) is 0. The van der Waals surface area contributed by atoms with E-state index in [0.717, 1.165) is 6.54 Å². The van der Waals surface area contributed by atoms with E-state index in [0.29, 0.717) is 0 Å². The van der Waals surface area contributed by atoms with Crippen LogP contribution in [-0.4, -0.2) is 0 Å². The Morgan fingerprint density at radius 2 is 1.28 bits per heavy atom. The zero-order valence-electron chi connectivity index (χ0n) is 11.1. The molecule has 18 heavy (non-hydrogen) atoms. The molecule has 0 aliphatic rings. The van der Waals surface area contributed by atoms with Crippen LogP contribution in [-0.2, 0) is 6.54 Å². The van der Waals surface area contributed by atoms with Gasteiger partial charge in [0, 0.05) is 6.54 Å². The minimum absolute atomic E-state index is 0.909. The minimum atomic E-state index is 0.909. The van der Waals surface area contributed by atoms with Gasteiger partial charge < -0.3 is 5.32 Å². The molecular formula is C17H21N. The summed E-state index contributed by atoms with van der Waals surface area (Å²) in [5.41, 5.74) is 2.61. The number of nitrogens with one attached hydrogen (secondary N) is 1. The van der Waals surface area contributed by atoms with Crippen LogP contribution in [0, 0.1) is 0 Å². The maximum absolute atomic E-state index is 3.24. The number of rotatable bonds is 3. The zero-order chi connectivity index (χ0) is 13.1. The molecule has 2 aromatic rings. The Labute approximate surface area is 110 Å². The Bertz CT molecular complexity index is 401. The van der Waals surface area contributed by atoms with E-state index in [9.17, 15) is 0 Å². The smallest absolute Gasteiger partial charge is 0.0395 e. The lowest BCUT2D eigenvalue weighted by atomic mass is 10.2. The second kappa shape index (κ2) is 9.06. The highest BCUT2D eigenvalue weighted by Crippen LogP contribution is 1.97. The van der Waals surface area contributed by atoms with E-state index in [-0.39, 0.29) is 0 Å². The molecule has 0 spiro atoms. The maximum Gasteiger partial charge on any atom is 0.0395 e. The van der Waals surface area contributed by atoms with Gasteiger partial charge in [-0.15, -0.1) is 0 Å². The standard InChI is InChI=1S/C11H15N.C6H6/c1-10(2)8-12-9-11-6-4-3-5-7-11;1-2-4-6-5-3-1/h3-8,12H,9H2,1-2H3;1-6H. The van der Waals surface area contributed by atoms with Crippen molar-refractivity contribution in [2.24, 2.45) is 0 Å². The highest BCUT2D eigenvalue weighted by Gasteiger charge is 1.86. The van der Waals surface area contributed by atoms with E-state index in [1.54, 1.807) is 0 Å².